The van der Waals surface area contributed by atoms with Gasteiger partial charge < -0.3 is 10.2 Å². The van der Waals surface area contributed by atoms with Crippen molar-refractivity contribution in [1.29, 1.82) is 0 Å². The Bertz CT molecular complexity index is 1310. The molecular weight excluding hydrogens is 504 g/mol. The van der Waals surface area contributed by atoms with Crippen LogP contribution in [0.5, 0.6) is 0 Å². The van der Waals surface area contributed by atoms with Crippen LogP contribution in [0.1, 0.15) is 42.5 Å². The van der Waals surface area contributed by atoms with Gasteiger partial charge in [-0.05, 0) is 56.3 Å². The highest BCUT2D eigenvalue weighted by molar-refractivity contribution is 5.76. The summed E-state index contributed by atoms with van der Waals surface area (Å²) < 4.78 is 1.81. The van der Waals surface area contributed by atoms with Crippen molar-refractivity contribution in [3.05, 3.63) is 59.7 Å². The van der Waals surface area contributed by atoms with E-state index in [1.54, 1.807) is 0 Å². The predicted molar refractivity (Wildman–Crippen MR) is 152 cm³/mol. The van der Waals surface area contributed by atoms with E-state index in [1.165, 1.54) is 30.4 Å². The van der Waals surface area contributed by atoms with Gasteiger partial charge in [0.05, 0.1) is 11.7 Å². The zero-order chi connectivity index (χ0) is 26.9. The first-order chi connectivity index (χ1) is 19.7. The van der Waals surface area contributed by atoms with E-state index in [9.17, 15) is 4.79 Å². The Morgan fingerprint density at radius 1 is 0.975 bits per heavy atom. The molecule has 5 heterocycles. The Balaban J connectivity index is 1.06. The van der Waals surface area contributed by atoms with Crippen molar-refractivity contribution in [1.82, 2.24) is 45.9 Å². The summed E-state index contributed by atoms with van der Waals surface area (Å²) >= 11 is 0. The molecule has 2 unspecified atom stereocenters. The van der Waals surface area contributed by atoms with Crippen molar-refractivity contribution in [2.75, 3.05) is 31.5 Å². The molecule has 11 nitrogen and oxygen atoms in total. The maximum Gasteiger partial charge on any atom is 0.244 e. The van der Waals surface area contributed by atoms with E-state index in [0.29, 0.717) is 24.6 Å². The number of nitrogens with zero attached hydrogens (tertiary/aromatic N) is 6. The Morgan fingerprint density at radius 3 is 2.50 bits per heavy atom. The standard InChI is InChI=1S/C29H38N10O/c40-28(38-11-8-25-27(18-38)34-36-33-25)19-39-16-24(26(35-39)17-37-9-4-1-5-10-37)22-14-30-29(31-15-22)32-23-12-20-6-2-3-7-21(20)13-23/h2-3,6-7,14-16,23,25,27,33-34,36H,1,4-5,8-13,17-19H2,(H,30,31,32). The van der Waals surface area contributed by atoms with Crippen LogP contribution in [0.3, 0.4) is 0 Å². The summed E-state index contributed by atoms with van der Waals surface area (Å²) in [4.78, 5) is 27.0. The molecule has 3 aliphatic heterocycles. The number of amides is 1. The number of fused-ring (bicyclic) bond motifs is 2. The smallest absolute Gasteiger partial charge is 0.244 e. The Morgan fingerprint density at radius 2 is 1.73 bits per heavy atom. The molecule has 4 aliphatic rings. The quantitative estimate of drug-likeness (QED) is 0.353. The third kappa shape index (κ3) is 5.46. The topological polar surface area (TPSA) is 115 Å². The normalized spacial score (nSPS) is 23.2. The maximum absolute atomic E-state index is 13.2. The van der Waals surface area contributed by atoms with Crippen molar-refractivity contribution in [3.63, 3.8) is 0 Å². The number of benzene rings is 1. The molecule has 11 heteroatoms. The van der Waals surface area contributed by atoms with Gasteiger partial charge in [0, 0.05) is 61.4 Å². The summed E-state index contributed by atoms with van der Waals surface area (Å²) in [5, 5.41) is 8.44. The van der Waals surface area contributed by atoms with Crippen LogP contribution in [0, 0.1) is 0 Å². The van der Waals surface area contributed by atoms with E-state index in [0.717, 1.165) is 62.3 Å². The van der Waals surface area contributed by atoms with Gasteiger partial charge in [0.2, 0.25) is 11.9 Å². The van der Waals surface area contributed by atoms with Gasteiger partial charge in [0.15, 0.2) is 0 Å². The van der Waals surface area contributed by atoms with Crippen LogP contribution >= 0.6 is 0 Å². The SMILES string of the molecule is O=C(Cn1cc(-c2cnc(NC3Cc4ccccc4C3)nc2)c(CN2CCCCC2)n1)N1CCC2NNNC2C1. The van der Waals surface area contributed by atoms with Crippen molar-refractivity contribution < 1.29 is 4.79 Å². The fourth-order valence-electron chi connectivity index (χ4n) is 6.58. The number of anilines is 1. The van der Waals surface area contributed by atoms with Gasteiger partial charge in [-0.3, -0.25) is 14.4 Å². The Hall–Kier alpha value is -3.38. The molecule has 0 radical (unpaired) electrons. The van der Waals surface area contributed by atoms with Crippen molar-refractivity contribution >= 4 is 11.9 Å². The second-order valence-corrected chi connectivity index (χ2v) is 11.6. The third-order valence-electron chi connectivity index (χ3n) is 8.79. The fraction of sp³-hybridized carbons (Fsp3) is 0.517. The minimum Gasteiger partial charge on any atom is -0.351 e. The molecule has 7 rings (SSSR count). The number of carbonyl (C=O) groups is 1. The highest BCUT2D eigenvalue weighted by atomic mass is 16.2. The Labute approximate surface area is 234 Å². The summed E-state index contributed by atoms with van der Waals surface area (Å²) in [7, 11) is 0. The lowest BCUT2D eigenvalue weighted by atomic mass is 10.0. The zero-order valence-corrected chi connectivity index (χ0v) is 22.9. The first-order valence-electron chi connectivity index (χ1n) is 14.7. The highest BCUT2D eigenvalue weighted by Crippen LogP contribution is 2.27. The lowest BCUT2D eigenvalue weighted by Gasteiger charge is -2.33. The molecule has 3 saturated heterocycles. The number of hydrogen-bond acceptors (Lipinski definition) is 9. The lowest BCUT2D eigenvalue weighted by Crippen LogP contribution is -2.53. The molecule has 2 atom stereocenters. The van der Waals surface area contributed by atoms with Crippen molar-refractivity contribution in [3.8, 4) is 11.1 Å². The maximum atomic E-state index is 13.2. The molecule has 1 aliphatic carbocycles. The van der Waals surface area contributed by atoms with Crippen molar-refractivity contribution in [2.24, 2.45) is 0 Å². The van der Waals surface area contributed by atoms with Crippen LogP contribution in [-0.2, 0) is 30.7 Å². The molecular formula is C29H38N10O. The molecule has 4 N–H and O–H groups in total. The minimum atomic E-state index is 0.0964. The molecule has 0 spiro atoms. The van der Waals surface area contributed by atoms with Gasteiger partial charge in [-0.1, -0.05) is 30.7 Å². The van der Waals surface area contributed by atoms with Crippen LogP contribution < -0.4 is 21.7 Å². The number of nitrogens with one attached hydrogen (secondary N) is 4. The van der Waals surface area contributed by atoms with Gasteiger partial charge >= 0.3 is 0 Å². The largest absolute Gasteiger partial charge is 0.351 e. The molecule has 210 valence electrons. The van der Waals surface area contributed by atoms with E-state index in [-0.39, 0.29) is 18.5 Å². The lowest BCUT2D eigenvalue weighted by molar-refractivity contribution is -0.133. The molecule has 1 amide bonds. The van der Waals surface area contributed by atoms with Gasteiger partial charge in [-0.15, -0.1) is 0 Å². The Kier molecular flexibility index (Phi) is 7.19. The van der Waals surface area contributed by atoms with Crippen LogP contribution in [0.25, 0.3) is 11.1 Å². The number of carbonyl (C=O) groups excluding carboxylic acids is 1. The molecule has 0 bridgehead atoms. The second-order valence-electron chi connectivity index (χ2n) is 11.6. The number of rotatable bonds is 7. The molecule has 0 saturated carbocycles. The van der Waals surface area contributed by atoms with E-state index in [2.05, 4.69) is 60.8 Å². The van der Waals surface area contributed by atoms with Crippen molar-refractivity contribution in [2.45, 2.75) is 69.7 Å². The number of likely N-dealkylation sites (tertiary alicyclic amines) is 2. The third-order valence-corrected chi connectivity index (χ3v) is 8.79. The van der Waals surface area contributed by atoms with Crippen LogP contribution in [-0.4, -0.2) is 79.8 Å². The van der Waals surface area contributed by atoms with Crippen LogP contribution in [0.2, 0.25) is 0 Å². The summed E-state index contributed by atoms with van der Waals surface area (Å²) in [5.74, 6) is 0.744. The van der Waals surface area contributed by atoms with E-state index in [4.69, 9.17) is 5.10 Å². The van der Waals surface area contributed by atoms with Gasteiger partial charge in [-0.25, -0.2) is 20.8 Å². The summed E-state index contributed by atoms with van der Waals surface area (Å²) in [6.45, 7) is 4.60. The van der Waals surface area contributed by atoms with Gasteiger partial charge in [0.25, 0.3) is 0 Å². The summed E-state index contributed by atoms with van der Waals surface area (Å²) in [6, 6.07) is 9.50. The average Bonchev–Trinajstić information content (AvgIpc) is 3.72. The van der Waals surface area contributed by atoms with E-state index in [1.807, 2.05) is 28.2 Å². The number of hydrogen-bond donors (Lipinski definition) is 4. The zero-order valence-electron chi connectivity index (χ0n) is 22.9. The molecule has 3 fully saturated rings. The van der Waals surface area contributed by atoms with Crippen LogP contribution in [0.4, 0.5) is 5.95 Å². The van der Waals surface area contributed by atoms with E-state index < -0.39 is 0 Å². The molecule has 1 aromatic carbocycles. The highest BCUT2D eigenvalue weighted by Gasteiger charge is 2.34. The first-order valence-corrected chi connectivity index (χ1v) is 14.7. The second kappa shape index (κ2) is 11.2. The van der Waals surface area contributed by atoms with Gasteiger partial charge in [-0.2, -0.15) is 10.6 Å². The number of piperidine rings is 2. The molecule has 2 aromatic heterocycles. The summed E-state index contributed by atoms with van der Waals surface area (Å²) in [5.41, 5.74) is 15.2. The van der Waals surface area contributed by atoms with Gasteiger partial charge in [0.1, 0.15) is 6.54 Å². The first kappa shape index (κ1) is 25.6. The average molecular weight is 543 g/mol. The van der Waals surface area contributed by atoms with E-state index >= 15 is 0 Å². The number of hydrazine groups is 2. The number of aromatic nitrogens is 4. The monoisotopic (exact) mass is 542 g/mol. The fourth-order valence-corrected chi connectivity index (χ4v) is 6.58. The predicted octanol–water partition coefficient (Wildman–Crippen LogP) is 1.49. The molecule has 3 aromatic rings. The molecule has 40 heavy (non-hydrogen) atoms. The minimum absolute atomic E-state index is 0.0964. The summed E-state index contributed by atoms with van der Waals surface area (Å²) in [6.07, 6.45) is 12.4. The van der Waals surface area contributed by atoms with Crippen LogP contribution in [0.15, 0.2) is 42.9 Å².